The third-order valence-corrected chi connectivity index (χ3v) is 3.61. The van der Waals surface area contributed by atoms with Crippen molar-refractivity contribution in [1.29, 1.82) is 0 Å². The molecule has 0 aromatic carbocycles. The van der Waals surface area contributed by atoms with E-state index in [9.17, 15) is 0 Å². The number of unbranched alkanes of at least 4 members (excludes halogenated alkanes) is 15. The SMILES string of the molecule is CCCCCC[CH]C[CH]CCCCCCCCC. The van der Waals surface area contributed by atoms with Crippen LogP contribution >= 0.6 is 0 Å². The van der Waals surface area contributed by atoms with E-state index in [1.807, 2.05) is 0 Å². The van der Waals surface area contributed by atoms with Crippen LogP contribution in [0.4, 0.5) is 0 Å². The van der Waals surface area contributed by atoms with Crippen molar-refractivity contribution in [2.45, 2.75) is 104 Å². The zero-order chi connectivity index (χ0) is 13.3. The fourth-order valence-corrected chi connectivity index (χ4v) is 2.31. The molecule has 0 atom stereocenters. The predicted octanol–water partition coefficient (Wildman–Crippen LogP) is 6.90. The summed E-state index contributed by atoms with van der Waals surface area (Å²) in [6, 6.07) is 0. The molecule has 0 saturated carbocycles. The van der Waals surface area contributed by atoms with Crippen LogP contribution in [0.2, 0.25) is 0 Å². The van der Waals surface area contributed by atoms with Crippen LogP contribution in [0.3, 0.4) is 0 Å². The Bertz CT molecular complexity index is 112. The van der Waals surface area contributed by atoms with Gasteiger partial charge >= 0.3 is 0 Å². The van der Waals surface area contributed by atoms with Crippen molar-refractivity contribution in [1.82, 2.24) is 0 Å². The van der Waals surface area contributed by atoms with E-state index in [-0.39, 0.29) is 0 Å². The molecule has 0 aromatic rings. The molecule has 0 amide bonds. The molecule has 0 N–H and O–H groups in total. The van der Waals surface area contributed by atoms with Gasteiger partial charge in [0.25, 0.3) is 0 Å². The molecular formula is C18H36. The van der Waals surface area contributed by atoms with Gasteiger partial charge in [-0.25, -0.2) is 0 Å². The van der Waals surface area contributed by atoms with E-state index in [1.165, 1.54) is 89.9 Å². The lowest BCUT2D eigenvalue weighted by molar-refractivity contribution is 0.584. The van der Waals surface area contributed by atoms with E-state index >= 15 is 0 Å². The van der Waals surface area contributed by atoms with E-state index in [0.717, 1.165) is 0 Å². The Morgan fingerprint density at radius 2 is 0.889 bits per heavy atom. The lowest BCUT2D eigenvalue weighted by atomic mass is 10.0. The second-order valence-corrected chi connectivity index (χ2v) is 5.57. The Labute approximate surface area is 117 Å². The van der Waals surface area contributed by atoms with Crippen LogP contribution in [0.25, 0.3) is 0 Å². The van der Waals surface area contributed by atoms with Crippen LogP contribution in [-0.4, -0.2) is 0 Å². The first-order valence-electron chi connectivity index (χ1n) is 8.55. The van der Waals surface area contributed by atoms with E-state index in [2.05, 4.69) is 26.7 Å². The normalized spacial score (nSPS) is 11.0. The Morgan fingerprint density at radius 3 is 1.39 bits per heavy atom. The summed E-state index contributed by atoms with van der Waals surface area (Å²) < 4.78 is 0. The quantitative estimate of drug-likeness (QED) is 0.278. The van der Waals surface area contributed by atoms with Crippen molar-refractivity contribution in [2.75, 3.05) is 0 Å². The molecule has 0 spiro atoms. The summed E-state index contributed by atoms with van der Waals surface area (Å²) in [5, 5.41) is 0. The van der Waals surface area contributed by atoms with Gasteiger partial charge in [-0.1, -0.05) is 97.3 Å². The smallest absolute Gasteiger partial charge is 0.0383 e. The Hall–Kier alpha value is 0. The zero-order valence-electron chi connectivity index (χ0n) is 13.1. The average Bonchev–Trinajstić information content (AvgIpc) is 2.39. The molecule has 0 nitrogen and oxygen atoms in total. The molecule has 18 heavy (non-hydrogen) atoms. The van der Waals surface area contributed by atoms with Crippen molar-refractivity contribution < 1.29 is 0 Å². The Balaban J connectivity index is 2.86. The van der Waals surface area contributed by atoms with Crippen molar-refractivity contribution in [3.8, 4) is 0 Å². The highest BCUT2D eigenvalue weighted by molar-refractivity contribution is 4.75. The molecule has 0 aliphatic rings. The van der Waals surface area contributed by atoms with Gasteiger partial charge in [0.15, 0.2) is 0 Å². The molecule has 0 heterocycles. The second-order valence-electron chi connectivity index (χ2n) is 5.57. The molecule has 0 heteroatoms. The van der Waals surface area contributed by atoms with Gasteiger partial charge in [0.2, 0.25) is 0 Å². The van der Waals surface area contributed by atoms with Crippen LogP contribution in [-0.2, 0) is 0 Å². The number of rotatable bonds is 15. The second kappa shape index (κ2) is 17.0. The maximum Gasteiger partial charge on any atom is -0.0383 e. The van der Waals surface area contributed by atoms with Gasteiger partial charge in [-0.05, 0) is 19.3 Å². The van der Waals surface area contributed by atoms with Crippen LogP contribution in [0, 0.1) is 12.8 Å². The van der Waals surface area contributed by atoms with Crippen molar-refractivity contribution >= 4 is 0 Å². The van der Waals surface area contributed by atoms with Gasteiger partial charge in [-0.15, -0.1) is 0 Å². The standard InChI is InChI=1S/C18H36/c1-3-5-7-9-11-13-15-17-18-16-14-12-10-8-6-4-2/h13,17H,3-12,14-16,18H2,1-2H3. The summed E-state index contributed by atoms with van der Waals surface area (Å²) in [5.74, 6) is 0. The van der Waals surface area contributed by atoms with Crippen LogP contribution < -0.4 is 0 Å². The summed E-state index contributed by atoms with van der Waals surface area (Å²) in [6.45, 7) is 4.56. The third kappa shape index (κ3) is 16.0. The molecular weight excluding hydrogens is 216 g/mol. The molecule has 2 radical (unpaired) electrons. The highest BCUT2D eigenvalue weighted by atomic mass is 14.0. The first kappa shape index (κ1) is 18.0. The summed E-state index contributed by atoms with van der Waals surface area (Å²) in [6.07, 6.45) is 24.4. The van der Waals surface area contributed by atoms with Crippen molar-refractivity contribution in [2.24, 2.45) is 0 Å². The molecule has 0 aliphatic heterocycles. The molecule has 0 fully saturated rings. The molecule has 0 unspecified atom stereocenters. The fraction of sp³-hybridized carbons (Fsp3) is 0.889. The van der Waals surface area contributed by atoms with E-state index in [1.54, 1.807) is 0 Å². The van der Waals surface area contributed by atoms with Crippen molar-refractivity contribution in [3.63, 3.8) is 0 Å². The first-order valence-corrected chi connectivity index (χ1v) is 8.55. The minimum atomic E-state index is 1.24. The fourth-order valence-electron chi connectivity index (χ4n) is 2.31. The first-order chi connectivity index (χ1) is 8.91. The highest BCUT2D eigenvalue weighted by Crippen LogP contribution is 2.12. The molecule has 0 saturated heterocycles. The maximum absolute atomic E-state index is 2.48. The van der Waals surface area contributed by atoms with Gasteiger partial charge in [0.05, 0.1) is 0 Å². The molecule has 0 rings (SSSR count). The summed E-state index contributed by atoms with van der Waals surface area (Å²) in [5.41, 5.74) is 0. The summed E-state index contributed by atoms with van der Waals surface area (Å²) >= 11 is 0. The Kier molecular flexibility index (Phi) is 17.0. The van der Waals surface area contributed by atoms with E-state index in [4.69, 9.17) is 0 Å². The van der Waals surface area contributed by atoms with Gasteiger partial charge in [0, 0.05) is 0 Å². The predicted molar refractivity (Wildman–Crippen MR) is 84.6 cm³/mol. The van der Waals surface area contributed by atoms with Crippen LogP contribution in [0.5, 0.6) is 0 Å². The van der Waals surface area contributed by atoms with Crippen molar-refractivity contribution in [3.05, 3.63) is 12.8 Å². The van der Waals surface area contributed by atoms with E-state index < -0.39 is 0 Å². The number of hydrogen-bond acceptors (Lipinski definition) is 0. The third-order valence-electron chi connectivity index (χ3n) is 3.61. The highest BCUT2D eigenvalue weighted by Gasteiger charge is 1.94. The molecule has 0 bridgehead atoms. The topological polar surface area (TPSA) is 0 Å². The monoisotopic (exact) mass is 252 g/mol. The average molecular weight is 252 g/mol. The summed E-state index contributed by atoms with van der Waals surface area (Å²) in [4.78, 5) is 0. The van der Waals surface area contributed by atoms with Gasteiger partial charge in [-0.3, -0.25) is 0 Å². The molecule has 108 valence electrons. The number of hydrogen-bond donors (Lipinski definition) is 0. The minimum absolute atomic E-state index is 1.24. The Morgan fingerprint density at radius 1 is 0.500 bits per heavy atom. The van der Waals surface area contributed by atoms with E-state index in [0.29, 0.717) is 0 Å². The largest absolute Gasteiger partial charge is 0.0654 e. The lowest BCUT2D eigenvalue weighted by Crippen LogP contribution is -1.84. The lowest BCUT2D eigenvalue weighted by Gasteiger charge is -2.02. The zero-order valence-corrected chi connectivity index (χ0v) is 13.1. The van der Waals surface area contributed by atoms with Gasteiger partial charge in [-0.2, -0.15) is 0 Å². The van der Waals surface area contributed by atoms with Gasteiger partial charge < -0.3 is 0 Å². The molecule has 0 aromatic heterocycles. The minimum Gasteiger partial charge on any atom is -0.0654 e. The summed E-state index contributed by atoms with van der Waals surface area (Å²) in [7, 11) is 0. The van der Waals surface area contributed by atoms with Gasteiger partial charge in [0.1, 0.15) is 0 Å². The van der Waals surface area contributed by atoms with Crippen LogP contribution in [0.1, 0.15) is 104 Å². The van der Waals surface area contributed by atoms with Crippen LogP contribution in [0.15, 0.2) is 0 Å². The molecule has 0 aliphatic carbocycles. The maximum atomic E-state index is 2.48.